The SMILES string of the molecule is C=Cc1[nH]nc2c(OC)nc(-n3cc(C(=O)OC)cn3)nc12. The zero-order valence-electron chi connectivity index (χ0n) is 11.9. The number of fused-ring (bicyclic) bond motifs is 1. The van der Waals surface area contributed by atoms with Crippen LogP contribution < -0.4 is 4.74 Å². The number of nitrogens with zero attached hydrogens (tertiary/aromatic N) is 5. The molecule has 0 amide bonds. The summed E-state index contributed by atoms with van der Waals surface area (Å²) in [7, 11) is 2.78. The molecule has 0 radical (unpaired) electrons. The molecule has 0 aromatic carbocycles. The molecule has 0 aliphatic rings. The number of methoxy groups -OCH3 is 2. The number of H-pyrrole nitrogens is 1. The predicted molar refractivity (Wildman–Crippen MR) is 76.8 cm³/mol. The first-order chi connectivity index (χ1) is 10.7. The van der Waals surface area contributed by atoms with Gasteiger partial charge in [-0.2, -0.15) is 15.2 Å². The largest absolute Gasteiger partial charge is 0.479 e. The maximum absolute atomic E-state index is 11.5. The summed E-state index contributed by atoms with van der Waals surface area (Å²) in [6.07, 6.45) is 4.43. The van der Waals surface area contributed by atoms with Crippen molar-refractivity contribution in [2.24, 2.45) is 0 Å². The third-order valence-corrected chi connectivity index (χ3v) is 2.99. The van der Waals surface area contributed by atoms with Gasteiger partial charge in [-0.3, -0.25) is 5.10 Å². The molecule has 3 rings (SSSR count). The van der Waals surface area contributed by atoms with Crippen molar-refractivity contribution >= 4 is 23.1 Å². The highest BCUT2D eigenvalue weighted by atomic mass is 16.5. The minimum atomic E-state index is -0.491. The van der Waals surface area contributed by atoms with E-state index in [1.165, 1.54) is 31.3 Å². The number of ether oxygens (including phenoxy) is 2. The first kappa shape index (κ1) is 13.7. The van der Waals surface area contributed by atoms with Gasteiger partial charge in [0.2, 0.25) is 5.88 Å². The number of esters is 1. The summed E-state index contributed by atoms with van der Waals surface area (Å²) in [6.45, 7) is 3.69. The Balaban J connectivity index is 2.16. The van der Waals surface area contributed by atoms with Gasteiger partial charge in [0, 0.05) is 6.20 Å². The van der Waals surface area contributed by atoms with E-state index in [9.17, 15) is 4.79 Å². The summed E-state index contributed by atoms with van der Waals surface area (Å²) >= 11 is 0. The Morgan fingerprint density at radius 2 is 2.18 bits per heavy atom. The lowest BCUT2D eigenvalue weighted by molar-refractivity contribution is 0.0600. The molecule has 0 fully saturated rings. The molecule has 3 aromatic rings. The minimum absolute atomic E-state index is 0.240. The van der Waals surface area contributed by atoms with E-state index in [2.05, 4.69) is 36.6 Å². The fourth-order valence-corrected chi connectivity index (χ4v) is 1.92. The molecule has 0 unspecified atom stereocenters. The normalized spacial score (nSPS) is 10.6. The highest BCUT2D eigenvalue weighted by molar-refractivity contribution is 5.89. The molecule has 22 heavy (non-hydrogen) atoms. The molecule has 9 nitrogen and oxygen atoms in total. The number of carbonyl (C=O) groups is 1. The van der Waals surface area contributed by atoms with Gasteiger partial charge in [-0.15, -0.1) is 0 Å². The van der Waals surface area contributed by atoms with Crippen molar-refractivity contribution < 1.29 is 14.3 Å². The highest BCUT2D eigenvalue weighted by Crippen LogP contribution is 2.24. The van der Waals surface area contributed by atoms with Crippen molar-refractivity contribution in [3.63, 3.8) is 0 Å². The third-order valence-electron chi connectivity index (χ3n) is 2.99. The Bertz CT molecular complexity index is 866. The number of rotatable bonds is 4. The zero-order valence-corrected chi connectivity index (χ0v) is 11.9. The molecule has 112 valence electrons. The topological polar surface area (TPSA) is 108 Å². The van der Waals surface area contributed by atoms with Crippen molar-refractivity contribution in [3.8, 4) is 11.8 Å². The van der Waals surface area contributed by atoms with Crippen molar-refractivity contribution in [1.82, 2.24) is 29.9 Å². The summed E-state index contributed by atoms with van der Waals surface area (Å²) in [4.78, 5) is 20.1. The van der Waals surface area contributed by atoms with Gasteiger partial charge < -0.3 is 9.47 Å². The number of carbonyl (C=O) groups excluding carboxylic acids is 1. The number of aromatic amines is 1. The quantitative estimate of drug-likeness (QED) is 0.715. The average Bonchev–Trinajstić information content (AvgIpc) is 3.19. The predicted octanol–water partition coefficient (Wildman–Crippen LogP) is 0.977. The summed E-state index contributed by atoms with van der Waals surface area (Å²) in [5, 5.41) is 10.9. The van der Waals surface area contributed by atoms with E-state index < -0.39 is 5.97 Å². The van der Waals surface area contributed by atoms with Crippen LogP contribution in [0.5, 0.6) is 5.88 Å². The van der Waals surface area contributed by atoms with Crippen LogP contribution in [0.4, 0.5) is 0 Å². The van der Waals surface area contributed by atoms with E-state index in [0.29, 0.717) is 28.2 Å². The fourth-order valence-electron chi connectivity index (χ4n) is 1.92. The monoisotopic (exact) mass is 300 g/mol. The van der Waals surface area contributed by atoms with E-state index >= 15 is 0 Å². The van der Waals surface area contributed by atoms with Gasteiger partial charge >= 0.3 is 5.97 Å². The highest BCUT2D eigenvalue weighted by Gasteiger charge is 2.16. The number of hydrogen-bond acceptors (Lipinski definition) is 7. The first-order valence-corrected chi connectivity index (χ1v) is 6.23. The van der Waals surface area contributed by atoms with Crippen LogP contribution in [-0.4, -0.2) is 50.1 Å². The fraction of sp³-hybridized carbons (Fsp3) is 0.154. The van der Waals surface area contributed by atoms with Crippen LogP contribution in [0, 0.1) is 0 Å². The van der Waals surface area contributed by atoms with Gasteiger partial charge in [0.25, 0.3) is 5.95 Å². The molecule has 3 heterocycles. The van der Waals surface area contributed by atoms with Gasteiger partial charge in [0.05, 0.1) is 31.7 Å². The Hall–Kier alpha value is -3.23. The molecule has 3 aromatic heterocycles. The smallest absolute Gasteiger partial charge is 0.341 e. The third kappa shape index (κ3) is 2.08. The summed E-state index contributed by atoms with van der Waals surface area (Å²) in [5.41, 5.74) is 1.96. The number of aromatic nitrogens is 6. The molecule has 0 atom stereocenters. The van der Waals surface area contributed by atoms with Gasteiger partial charge in [-0.25, -0.2) is 14.5 Å². The molecule has 0 bridgehead atoms. The van der Waals surface area contributed by atoms with E-state index in [1.807, 2.05) is 0 Å². The van der Waals surface area contributed by atoms with Crippen LogP contribution in [0.2, 0.25) is 0 Å². The van der Waals surface area contributed by atoms with Crippen LogP contribution >= 0.6 is 0 Å². The molecular weight excluding hydrogens is 288 g/mol. The minimum Gasteiger partial charge on any atom is -0.479 e. The standard InChI is InChI=1S/C13H12N6O3/c1-4-8-9-10(18-17-8)11(21-2)16-13(15-9)19-6-7(5-14-19)12(20)22-3/h4-6H,1H2,2-3H3,(H,17,18). The maximum Gasteiger partial charge on any atom is 0.341 e. The van der Waals surface area contributed by atoms with Crippen molar-refractivity contribution in [2.75, 3.05) is 14.2 Å². The maximum atomic E-state index is 11.5. The summed E-state index contributed by atoms with van der Waals surface area (Å²) < 4.78 is 11.2. The molecule has 0 aliphatic heterocycles. The van der Waals surface area contributed by atoms with E-state index in [0.717, 1.165) is 0 Å². The van der Waals surface area contributed by atoms with Gasteiger partial charge in [-0.05, 0) is 6.08 Å². The average molecular weight is 300 g/mol. The molecular formula is C13H12N6O3. The second kappa shape index (κ2) is 5.28. The molecule has 9 heteroatoms. The van der Waals surface area contributed by atoms with E-state index in [1.54, 1.807) is 6.08 Å². The van der Waals surface area contributed by atoms with E-state index in [-0.39, 0.29) is 5.95 Å². The molecule has 1 N–H and O–H groups in total. The Kier molecular flexibility index (Phi) is 3.30. The van der Waals surface area contributed by atoms with Crippen molar-refractivity contribution in [2.45, 2.75) is 0 Å². The lowest BCUT2D eigenvalue weighted by Crippen LogP contribution is -2.04. The molecule has 0 aliphatic carbocycles. The first-order valence-electron chi connectivity index (χ1n) is 6.23. The van der Waals surface area contributed by atoms with E-state index in [4.69, 9.17) is 4.74 Å². The van der Waals surface area contributed by atoms with Gasteiger partial charge in [0.15, 0.2) is 5.52 Å². The Morgan fingerprint density at radius 3 is 2.86 bits per heavy atom. The van der Waals surface area contributed by atoms with Crippen LogP contribution in [-0.2, 0) is 4.74 Å². The number of nitrogens with one attached hydrogen (secondary N) is 1. The second-order valence-corrected chi connectivity index (χ2v) is 4.24. The summed E-state index contributed by atoms with van der Waals surface area (Å²) in [5.74, 6) is 0.0397. The Morgan fingerprint density at radius 1 is 1.36 bits per heavy atom. The van der Waals surface area contributed by atoms with Crippen LogP contribution in [0.3, 0.4) is 0 Å². The number of hydrogen-bond donors (Lipinski definition) is 1. The second-order valence-electron chi connectivity index (χ2n) is 4.24. The molecule has 0 saturated carbocycles. The lowest BCUT2D eigenvalue weighted by atomic mass is 10.3. The zero-order chi connectivity index (χ0) is 15.7. The molecule has 0 spiro atoms. The lowest BCUT2D eigenvalue weighted by Gasteiger charge is -2.03. The van der Waals surface area contributed by atoms with Crippen LogP contribution in [0.1, 0.15) is 16.1 Å². The van der Waals surface area contributed by atoms with Crippen LogP contribution in [0.25, 0.3) is 23.1 Å². The summed E-state index contributed by atoms with van der Waals surface area (Å²) in [6, 6.07) is 0. The van der Waals surface area contributed by atoms with Gasteiger partial charge in [0.1, 0.15) is 5.52 Å². The van der Waals surface area contributed by atoms with Gasteiger partial charge in [-0.1, -0.05) is 6.58 Å². The van der Waals surface area contributed by atoms with Crippen molar-refractivity contribution in [3.05, 3.63) is 30.2 Å². The molecule has 0 saturated heterocycles. The van der Waals surface area contributed by atoms with Crippen molar-refractivity contribution in [1.29, 1.82) is 0 Å². The Labute approximate surface area is 124 Å². The van der Waals surface area contributed by atoms with Crippen LogP contribution in [0.15, 0.2) is 19.0 Å².